The Bertz CT molecular complexity index is 617. The first kappa shape index (κ1) is 26.7. The largest absolute Gasteiger partial charge is 0.479 e. The topological polar surface area (TPSA) is 146 Å². The molecule has 6 N–H and O–H groups in total. The molecule has 0 aliphatic heterocycles. The molecule has 0 saturated carbocycles. The minimum atomic E-state index is -1.09. The maximum Gasteiger partial charge on any atom is 0.335 e. The fourth-order valence-corrected chi connectivity index (χ4v) is 2.73. The van der Waals surface area contributed by atoms with Crippen molar-refractivity contribution in [3.05, 3.63) is 33.4 Å². The lowest BCUT2D eigenvalue weighted by atomic mass is 10.1. The lowest BCUT2D eigenvalue weighted by molar-refractivity contribution is -0.155. The number of carbonyl (C=O) groups is 2. The molecule has 0 saturated heterocycles. The van der Waals surface area contributed by atoms with Crippen molar-refractivity contribution in [1.82, 2.24) is 5.32 Å². The molecule has 0 fully saturated rings. The van der Waals surface area contributed by atoms with Gasteiger partial charge < -0.3 is 36.1 Å². The molecule has 30 heavy (non-hydrogen) atoms. The first-order valence-electron chi connectivity index (χ1n) is 9.93. The Morgan fingerprint density at radius 1 is 1.07 bits per heavy atom. The van der Waals surface area contributed by atoms with E-state index in [1.54, 1.807) is 12.1 Å². The molecule has 170 valence electrons. The highest BCUT2D eigenvalue weighted by Crippen LogP contribution is 2.07. The van der Waals surface area contributed by atoms with E-state index >= 15 is 0 Å². The van der Waals surface area contributed by atoms with Crippen LogP contribution in [-0.2, 0) is 19.0 Å². The number of nitrogens with one attached hydrogen (secondary N) is 1. The summed E-state index contributed by atoms with van der Waals surface area (Å²) >= 11 is 2.18. The van der Waals surface area contributed by atoms with Crippen LogP contribution >= 0.6 is 22.6 Å². The summed E-state index contributed by atoms with van der Waals surface area (Å²) in [6.07, 6.45) is 0.761. The van der Waals surface area contributed by atoms with Crippen molar-refractivity contribution in [3.8, 4) is 0 Å². The van der Waals surface area contributed by atoms with E-state index in [9.17, 15) is 14.7 Å². The summed E-state index contributed by atoms with van der Waals surface area (Å²) in [6.45, 7) is 2.36. The number of amides is 1. The van der Waals surface area contributed by atoms with Gasteiger partial charge in [-0.15, -0.1) is 0 Å². The zero-order valence-corrected chi connectivity index (χ0v) is 19.2. The van der Waals surface area contributed by atoms with Crippen molar-refractivity contribution >= 4 is 34.5 Å². The fraction of sp³-hybridized carbons (Fsp3) is 0.600. The third-order valence-corrected chi connectivity index (χ3v) is 4.84. The molecule has 0 aliphatic carbocycles. The number of carboxylic acids is 1. The number of hydrogen-bond acceptors (Lipinski definition) is 7. The van der Waals surface area contributed by atoms with E-state index in [0.717, 1.165) is 9.99 Å². The molecule has 1 rings (SSSR count). The molecular weight excluding hydrogens is 505 g/mol. The van der Waals surface area contributed by atoms with Crippen LogP contribution in [0.15, 0.2) is 24.3 Å². The Morgan fingerprint density at radius 3 is 2.43 bits per heavy atom. The highest BCUT2D eigenvalue weighted by molar-refractivity contribution is 14.1. The van der Waals surface area contributed by atoms with E-state index in [1.165, 1.54) is 0 Å². The Labute approximate surface area is 190 Å². The number of halogens is 1. The minimum Gasteiger partial charge on any atom is -0.479 e. The molecule has 1 aromatic rings. The van der Waals surface area contributed by atoms with Gasteiger partial charge in [0.1, 0.15) is 0 Å². The van der Waals surface area contributed by atoms with Gasteiger partial charge in [0.2, 0.25) is 0 Å². The van der Waals surface area contributed by atoms with Gasteiger partial charge in [0.25, 0.3) is 5.91 Å². The lowest BCUT2D eigenvalue weighted by Gasteiger charge is -2.16. The third-order valence-electron chi connectivity index (χ3n) is 4.12. The summed E-state index contributed by atoms with van der Waals surface area (Å²) in [6, 6.07) is 7.07. The molecular formula is C20H32IN3O6. The summed E-state index contributed by atoms with van der Waals surface area (Å²) < 4.78 is 17.0. The zero-order chi connectivity index (χ0) is 22.2. The number of hydrogen-bond donors (Lipinski definition) is 4. The Hall–Kier alpha value is -1.31. The van der Waals surface area contributed by atoms with Crippen molar-refractivity contribution in [2.24, 2.45) is 11.5 Å². The molecule has 1 amide bonds. The molecule has 0 spiro atoms. The summed E-state index contributed by atoms with van der Waals surface area (Å²) in [5.74, 6) is -1.23. The molecule has 0 heterocycles. The Kier molecular flexibility index (Phi) is 14.6. The predicted molar refractivity (Wildman–Crippen MR) is 121 cm³/mol. The van der Waals surface area contributed by atoms with Gasteiger partial charge in [0.05, 0.1) is 19.8 Å². The molecule has 2 atom stereocenters. The first-order valence-corrected chi connectivity index (χ1v) is 11.0. The van der Waals surface area contributed by atoms with Gasteiger partial charge >= 0.3 is 5.97 Å². The van der Waals surface area contributed by atoms with Crippen molar-refractivity contribution in [2.45, 2.75) is 31.4 Å². The molecule has 9 nitrogen and oxygen atoms in total. The summed E-state index contributed by atoms with van der Waals surface area (Å²) in [4.78, 5) is 23.3. The van der Waals surface area contributed by atoms with E-state index in [1.807, 2.05) is 12.1 Å². The quantitative estimate of drug-likeness (QED) is 0.170. The molecule has 0 aliphatic rings. The predicted octanol–water partition coefficient (Wildman–Crippen LogP) is 0.980. The molecule has 0 radical (unpaired) electrons. The maximum absolute atomic E-state index is 12.0. The van der Waals surface area contributed by atoms with Crippen LogP contribution in [0.25, 0.3) is 0 Å². The molecule has 1 aromatic carbocycles. The second-order valence-electron chi connectivity index (χ2n) is 6.63. The lowest BCUT2D eigenvalue weighted by Crippen LogP contribution is -2.33. The van der Waals surface area contributed by atoms with Crippen molar-refractivity contribution < 1.29 is 28.9 Å². The van der Waals surface area contributed by atoms with Gasteiger partial charge in [0.15, 0.2) is 6.10 Å². The van der Waals surface area contributed by atoms with E-state index in [0.29, 0.717) is 44.7 Å². The van der Waals surface area contributed by atoms with E-state index in [4.69, 9.17) is 25.7 Å². The number of aliphatic carboxylic acids is 1. The highest BCUT2D eigenvalue weighted by Gasteiger charge is 2.18. The van der Waals surface area contributed by atoms with Crippen LogP contribution in [0.4, 0.5) is 0 Å². The smallest absolute Gasteiger partial charge is 0.335 e. The average Bonchev–Trinajstić information content (AvgIpc) is 2.72. The number of rotatable bonds is 17. The van der Waals surface area contributed by atoms with Crippen LogP contribution in [0, 0.1) is 3.57 Å². The molecule has 0 aromatic heterocycles. The molecule has 2 unspecified atom stereocenters. The standard InChI is InChI=1S/C20H32IN3O6/c21-16-4-2-15(3-5-16)19(25)24-9-6-17(23)7-11-30-18(20(26)27)14-29-13-12-28-10-1-8-22/h2-5,17-18H,1,6-14,22-23H2,(H,24,25)(H,26,27). The van der Waals surface area contributed by atoms with Crippen LogP contribution in [0.5, 0.6) is 0 Å². The van der Waals surface area contributed by atoms with Crippen molar-refractivity contribution in [2.75, 3.05) is 46.1 Å². The summed E-state index contributed by atoms with van der Waals surface area (Å²) in [7, 11) is 0. The van der Waals surface area contributed by atoms with E-state index < -0.39 is 12.1 Å². The molecule has 0 bridgehead atoms. The Morgan fingerprint density at radius 2 is 1.77 bits per heavy atom. The van der Waals surface area contributed by atoms with Crippen LogP contribution < -0.4 is 16.8 Å². The summed E-state index contributed by atoms with van der Waals surface area (Å²) in [5, 5.41) is 12.0. The monoisotopic (exact) mass is 537 g/mol. The second-order valence-corrected chi connectivity index (χ2v) is 7.87. The SMILES string of the molecule is NCCCOCCOCC(OCCC(N)CCNC(=O)c1ccc(I)cc1)C(=O)O. The number of carboxylic acid groups (broad SMARTS) is 1. The van der Waals surface area contributed by atoms with Gasteiger partial charge in [-0.2, -0.15) is 0 Å². The average molecular weight is 537 g/mol. The van der Waals surface area contributed by atoms with Gasteiger partial charge in [-0.1, -0.05) is 0 Å². The normalized spacial score (nSPS) is 13.0. The van der Waals surface area contributed by atoms with Crippen LogP contribution in [0.3, 0.4) is 0 Å². The third kappa shape index (κ3) is 12.4. The number of benzene rings is 1. The van der Waals surface area contributed by atoms with Crippen LogP contribution in [0.1, 0.15) is 29.6 Å². The summed E-state index contributed by atoms with van der Waals surface area (Å²) in [5.41, 5.74) is 12.0. The molecule has 10 heteroatoms. The van der Waals surface area contributed by atoms with Crippen molar-refractivity contribution in [1.29, 1.82) is 0 Å². The zero-order valence-electron chi connectivity index (χ0n) is 17.1. The van der Waals surface area contributed by atoms with E-state index in [2.05, 4.69) is 27.9 Å². The van der Waals surface area contributed by atoms with Gasteiger partial charge in [-0.25, -0.2) is 4.79 Å². The van der Waals surface area contributed by atoms with Gasteiger partial charge in [-0.3, -0.25) is 4.79 Å². The Balaban J connectivity index is 2.14. The minimum absolute atomic E-state index is 0.0586. The van der Waals surface area contributed by atoms with Gasteiger partial charge in [-0.05, 0) is 72.7 Å². The number of carbonyl (C=O) groups excluding carboxylic acids is 1. The maximum atomic E-state index is 12.0. The van der Waals surface area contributed by atoms with Crippen LogP contribution in [-0.4, -0.2) is 75.3 Å². The first-order chi connectivity index (χ1) is 14.4. The fourth-order valence-electron chi connectivity index (χ4n) is 2.37. The number of nitrogens with two attached hydrogens (primary N) is 2. The van der Waals surface area contributed by atoms with Gasteiger partial charge in [0, 0.05) is 34.9 Å². The van der Waals surface area contributed by atoms with Crippen LogP contribution in [0.2, 0.25) is 0 Å². The second kappa shape index (κ2) is 16.4. The van der Waals surface area contributed by atoms with E-state index in [-0.39, 0.29) is 31.8 Å². The number of ether oxygens (including phenoxy) is 3. The van der Waals surface area contributed by atoms with Crippen molar-refractivity contribution in [3.63, 3.8) is 0 Å². The highest BCUT2D eigenvalue weighted by atomic mass is 127.